The molecular formula is C26H29NO2. The highest BCUT2D eigenvalue weighted by molar-refractivity contribution is 5.69. The van der Waals surface area contributed by atoms with Gasteiger partial charge in [-0.25, -0.2) is 0 Å². The van der Waals surface area contributed by atoms with Crippen LogP contribution in [0.5, 0.6) is 11.5 Å². The van der Waals surface area contributed by atoms with E-state index in [1.54, 1.807) is 0 Å². The highest BCUT2D eigenvalue weighted by Crippen LogP contribution is 2.43. The summed E-state index contributed by atoms with van der Waals surface area (Å²) in [5.74, 6) is 0.285. The number of hydrogen-bond acceptors (Lipinski definition) is 3. The molecule has 0 amide bonds. The third-order valence-corrected chi connectivity index (χ3v) is 5.36. The summed E-state index contributed by atoms with van der Waals surface area (Å²) in [6.07, 6.45) is 1.91. The number of para-hydroxylation sites is 1. The van der Waals surface area contributed by atoms with Crippen molar-refractivity contribution < 1.29 is 10.2 Å². The Morgan fingerprint density at radius 3 is 1.72 bits per heavy atom. The van der Waals surface area contributed by atoms with Gasteiger partial charge in [0.2, 0.25) is 0 Å². The van der Waals surface area contributed by atoms with Crippen molar-refractivity contribution in [3.05, 3.63) is 88.0 Å². The molecule has 3 heteroatoms. The average molecular weight is 388 g/mol. The van der Waals surface area contributed by atoms with Gasteiger partial charge in [-0.1, -0.05) is 60.5 Å². The van der Waals surface area contributed by atoms with E-state index >= 15 is 0 Å². The van der Waals surface area contributed by atoms with Gasteiger partial charge < -0.3 is 10.2 Å². The second kappa shape index (κ2) is 8.52. The maximum Gasteiger partial charge on any atom is 0.122 e. The summed E-state index contributed by atoms with van der Waals surface area (Å²) in [6, 6.07) is 17.8. The Morgan fingerprint density at radius 1 is 0.759 bits per heavy atom. The number of benzene rings is 3. The molecule has 0 heterocycles. The van der Waals surface area contributed by atoms with E-state index in [9.17, 15) is 10.2 Å². The minimum atomic E-state index is -0.223. The van der Waals surface area contributed by atoms with E-state index in [1.807, 2.05) is 88.5 Å². The maximum absolute atomic E-state index is 10.9. The molecule has 3 aromatic carbocycles. The fraction of sp³-hybridized carbons (Fsp3) is 0.269. The smallest absolute Gasteiger partial charge is 0.122 e. The van der Waals surface area contributed by atoms with Crippen molar-refractivity contribution in [2.24, 2.45) is 10.9 Å². The standard InChI is InChI=1S/C26H29NO2/c1-16-11-18(3)25(28)22(13-16)24(23-14-17(2)12-19(4)26(23)29)20(5)15-27-21-9-7-6-8-10-21/h6-15,20,24,28-29H,1-5H3. The lowest BCUT2D eigenvalue weighted by Crippen LogP contribution is -2.14. The van der Waals surface area contributed by atoms with Gasteiger partial charge in [0.15, 0.2) is 0 Å². The van der Waals surface area contributed by atoms with Crippen molar-refractivity contribution in [1.29, 1.82) is 0 Å². The highest BCUT2D eigenvalue weighted by Gasteiger charge is 2.27. The second-order valence-corrected chi connectivity index (χ2v) is 7.99. The number of hydrogen-bond donors (Lipinski definition) is 2. The predicted molar refractivity (Wildman–Crippen MR) is 121 cm³/mol. The number of phenolic OH excluding ortho intramolecular Hbond substituents is 2. The zero-order valence-corrected chi connectivity index (χ0v) is 17.8. The zero-order chi connectivity index (χ0) is 21.1. The molecule has 29 heavy (non-hydrogen) atoms. The van der Waals surface area contributed by atoms with E-state index in [0.29, 0.717) is 0 Å². The lowest BCUT2D eigenvalue weighted by atomic mass is 9.79. The molecule has 3 nitrogen and oxygen atoms in total. The summed E-state index contributed by atoms with van der Waals surface area (Å²) in [7, 11) is 0. The summed E-state index contributed by atoms with van der Waals surface area (Å²) in [6.45, 7) is 9.94. The van der Waals surface area contributed by atoms with Crippen LogP contribution >= 0.6 is 0 Å². The Labute approximate surface area is 173 Å². The maximum atomic E-state index is 10.9. The first-order chi connectivity index (χ1) is 13.8. The number of aliphatic imine (C=N–C) groups is 1. The monoisotopic (exact) mass is 387 g/mol. The van der Waals surface area contributed by atoms with Crippen LogP contribution in [0, 0.1) is 33.6 Å². The average Bonchev–Trinajstić information content (AvgIpc) is 2.68. The first-order valence-corrected chi connectivity index (χ1v) is 9.97. The molecule has 0 aliphatic rings. The van der Waals surface area contributed by atoms with Gasteiger partial charge in [-0.05, 0) is 51.0 Å². The molecule has 3 aromatic rings. The first kappa shape index (κ1) is 20.7. The fourth-order valence-electron chi connectivity index (χ4n) is 4.00. The van der Waals surface area contributed by atoms with E-state index in [0.717, 1.165) is 39.1 Å². The van der Waals surface area contributed by atoms with Crippen molar-refractivity contribution in [2.45, 2.75) is 40.5 Å². The fourth-order valence-corrected chi connectivity index (χ4v) is 4.00. The van der Waals surface area contributed by atoms with Crippen LogP contribution in [0.25, 0.3) is 0 Å². The normalized spacial score (nSPS) is 12.6. The van der Waals surface area contributed by atoms with Crippen LogP contribution in [-0.2, 0) is 0 Å². The van der Waals surface area contributed by atoms with Gasteiger partial charge in [0.05, 0.1) is 5.69 Å². The van der Waals surface area contributed by atoms with Crippen LogP contribution in [0.2, 0.25) is 0 Å². The van der Waals surface area contributed by atoms with Crippen LogP contribution < -0.4 is 0 Å². The second-order valence-electron chi connectivity index (χ2n) is 7.99. The number of phenols is 2. The Morgan fingerprint density at radius 2 is 1.24 bits per heavy atom. The van der Waals surface area contributed by atoms with Gasteiger partial charge in [-0.2, -0.15) is 0 Å². The number of rotatable bonds is 5. The van der Waals surface area contributed by atoms with E-state index in [2.05, 4.69) is 11.9 Å². The van der Waals surface area contributed by atoms with Gasteiger partial charge in [0, 0.05) is 29.2 Å². The van der Waals surface area contributed by atoms with Crippen LogP contribution in [-0.4, -0.2) is 16.4 Å². The van der Waals surface area contributed by atoms with E-state index in [-0.39, 0.29) is 23.3 Å². The minimum absolute atomic E-state index is 0.0468. The van der Waals surface area contributed by atoms with Crippen LogP contribution in [0.3, 0.4) is 0 Å². The summed E-state index contributed by atoms with van der Waals surface area (Å²) in [5.41, 5.74) is 6.34. The molecule has 2 N–H and O–H groups in total. The summed E-state index contributed by atoms with van der Waals surface area (Å²) in [4.78, 5) is 4.64. The van der Waals surface area contributed by atoms with E-state index < -0.39 is 0 Å². The summed E-state index contributed by atoms with van der Waals surface area (Å²) in [5, 5.41) is 21.8. The molecule has 150 valence electrons. The topological polar surface area (TPSA) is 52.8 Å². The molecule has 0 aromatic heterocycles. The molecule has 0 aliphatic carbocycles. The van der Waals surface area contributed by atoms with Crippen LogP contribution in [0.15, 0.2) is 59.6 Å². The number of aryl methyl sites for hydroxylation is 4. The molecule has 0 fully saturated rings. The molecule has 1 unspecified atom stereocenters. The van der Waals surface area contributed by atoms with Crippen molar-refractivity contribution in [3.63, 3.8) is 0 Å². The van der Waals surface area contributed by atoms with Crippen molar-refractivity contribution in [3.8, 4) is 11.5 Å². The Bertz CT molecular complexity index is 981. The molecule has 0 radical (unpaired) electrons. The molecule has 3 rings (SSSR count). The molecular weight excluding hydrogens is 358 g/mol. The number of aromatic hydroxyl groups is 2. The quantitative estimate of drug-likeness (QED) is 0.491. The van der Waals surface area contributed by atoms with E-state index in [4.69, 9.17) is 0 Å². The third kappa shape index (κ3) is 4.51. The van der Waals surface area contributed by atoms with Gasteiger partial charge in [0.1, 0.15) is 11.5 Å². The first-order valence-electron chi connectivity index (χ1n) is 9.97. The van der Waals surface area contributed by atoms with Gasteiger partial charge in [0.25, 0.3) is 0 Å². The van der Waals surface area contributed by atoms with Crippen LogP contribution in [0.4, 0.5) is 5.69 Å². The van der Waals surface area contributed by atoms with Gasteiger partial charge in [-0.3, -0.25) is 4.99 Å². The Balaban J connectivity index is 2.16. The molecule has 0 aliphatic heterocycles. The lowest BCUT2D eigenvalue weighted by molar-refractivity contribution is 0.442. The molecule has 0 spiro atoms. The van der Waals surface area contributed by atoms with Gasteiger partial charge in [-0.15, -0.1) is 0 Å². The number of nitrogens with zero attached hydrogens (tertiary/aromatic N) is 1. The minimum Gasteiger partial charge on any atom is -0.507 e. The molecule has 0 saturated heterocycles. The van der Waals surface area contributed by atoms with E-state index in [1.165, 1.54) is 0 Å². The third-order valence-electron chi connectivity index (χ3n) is 5.36. The predicted octanol–water partition coefficient (Wildman–Crippen LogP) is 6.50. The molecule has 1 atom stereocenters. The molecule has 0 saturated carbocycles. The SMILES string of the molecule is Cc1cc(C)c(O)c(C(c2cc(C)cc(C)c2O)C(C)C=Nc2ccccc2)c1. The van der Waals surface area contributed by atoms with Crippen molar-refractivity contribution in [2.75, 3.05) is 0 Å². The molecule has 0 bridgehead atoms. The zero-order valence-electron chi connectivity index (χ0n) is 17.8. The highest BCUT2D eigenvalue weighted by atomic mass is 16.3. The Hall–Kier alpha value is -3.07. The summed E-state index contributed by atoms with van der Waals surface area (Å²) < 4.78 is 0. The summed E-state index contributed by atoms with van der Waals surface area (Å²) >= 11 is 0. The van der Waals surface area contributed by atoms with Crippen LogP contribution in [0.1, 0.15) is 46.2 Å². The Kier molecular flexibility index (Phi) is 6.07. The van der Waals surface area contributed by atoms with Gasteiger partial charge >= 0.3 is 0 Å². The van der Waals surface area contributed by atoms with Crippen molar-refractivity contribution >= 4 is 11.9 Å². The van der Waals surface area contributed by atoms with Crippen molar-refractivity contribution in [1.82, 2.24) is 0 Å². The lowest BCUT2D eigenvalue weighted by Gasteiger charge is -2.26. The largest absolute Gasteiger partial charge is 0.507 e.